The Morgan fingerprint density at radius 2 is 1.89 bits per heavy atom. The SMILES string of the molecule is c1ccc(CC2CCNC2c2ccccn2)cc1. The van der Waals surface area contributed by atoms with E-state index in [1.165, 1.54) is 17.7 Å². The number of rotatable bonds is 3. The summed E-state index contributed by atoms with van der Waals surface area (Å²) in [6.45, 7) is 1.10. The molecule has 1 aliphatic rings. The molecule has 0 saturated carbocycles. The Balaban J connectivity index is 1.76. The van der Waals surface area contributed by atoms with Crippen molar-refractivity contribution in [2.75, 3.05) is 6.54 Å². The van der Waals surface area contributed by atoms with Crippen LogP contribution in [0.2, 0.25) is 0 Å². The Morgan fingerprint density at radius 3 is 2.67 bits per heavy atom. The Kier molecular flexibility index (Phi) is 3.37. The van der Waals surface area contributed by atoms with Crippen LogP contribution < -0.4 is 5.32 Å². The molecule has 92 valence electrons. The molecular weight excluding hydrogens is 220 g/mol. The highest BCUT2D eigenvalue weighted by atomic mass is 15.0. The molecule has 1 saturated heterocycles. The van der Waals surface area contributed by atoms with Crippen LogP contribution in [-0.2, 0) is 6.42 Å². The standard InChI is InChI=1S/C16H18N2/c1-2-6-13(7-3-1)12-14-9-11-18-16(14)15-8-4-5-10-17-15/h1-8,10,14,16,18H,9,11-12H2. The zero-order valence-electron chi connectivity index (χ0n) is 10.4. The van der Waals surface area contributed by atoms with Gasteiger partial charge in [0, 0.05) is 6.20 Å². The van der Waals surface area contributed by atoms with Gasteiger partial charge in [-0.1, -0.05) is 36.4 Å². The van der Waals surface area contributed by atoms with Gasteiger partial charge >= 0.3 is 0 Å². The van der Waals surface area contributed by atoms with Crippen molar-refractivity contribution in [2.24, 2.45) is 5.92 Å². The van der Waals surface area contributed by atoms with Crippen LogP contribution in [-0.4, -0.2) is 11.5 Å². The Labute approximate surface area is 108 Å². The van der Waals surface area contributed by atoms with E-state index in [0.717, 1.165) is 13.0 Å². The van der Waals surface area contributed by atoms with Gasteiger partial charge in [0.15, 0.2) is 0 Å². The average molecular weight is 238 g/mol. The van der Waals surface area contributed by atoms with Gasteiger partial charge in [0.2, 0.25) is 0 Å². The molecule has 0 amide bonds. The van der Waals surface area contributed by atoms with Crippen LogP contribution in [0, 0.1) is 5.92 Å². The predicted octanol–water partition coefficient (Wildman–Crippen LogP) is 2.97. The minimum absolute atomic E-state index is 0.409. The van der Waals surface area contributed by atoms with Crippen LogP contribution in [0.1, 0.15) is 23.7 Å². The van der Waals surface area contributed by atoms with Gasteiger partial charge in [-0.05, 0) is 43.0 Å². The van der Waals surface area contributed by atoms with Gasteiger partial charge < -0.3 is 5.32 Å². The lowest BCUT2D eigenvalue weighted by molar-refractivity contribution is 0.451. The van der Waals surface area contributed by atoms with Crippen LogP contribution >= 0.6 is 0 Å². The lowest BCUT2D eigenvalue weighted by Gasteiger charge is -2.19. The van der Waals surface area contributed by atoms with Crippen molar-refractivity contribution >= 4 is 0 Å². The lowest BCUT2D eigenvalue weighted by Crippen LogP contribution is -2.20. The molecule has 0 spiro atoms. The first kappa shape index (κ1) is 11.4. The minimum atomic E-state index is 0.409. The second-order valence-corrected chi connectivity index (χ2v) is 4.92. The molecule has 2 atom stereocenters. The van der Waals surface area contributed by atoms with E-state index in [1.807, 2.05) is 12.3 Å². The quantitative estimate of drug-likeness (QED) is 0.889. The highest BCUT2D eigenvalue weighted by Gasteiger charge is 2.28. The molecule has 2 heterocycles. The van der Waals surface area contributed by atoms with Crippen LogP contribution in [0.15, 0.2) is 54.7 Å². The predicted molar refractivity (Wildman–Crippen MR) is 73.2 cm³/mol. The molecule has 1 aromatic carbocycles. The molecule has 2 nitrogen and oxygen atoms in total. The van der Waals surface area contributed by atoms with E-state index in [1.54, 1.807) is 0 Å². The normalized spacial score (nSPS) is 23.1. The van der Waals surface area contributed by atoms with E-state index in [4.69, 9.17) is 0 Å². The fourth-order valence-corrected chi connectivity index (χ4v) is 2.80. The number of pyridine rings is 1. The average Bonchev–Trinajstić information content (AvgIpc) is 2.89. The zero-order chi connectivity index (χ0) is 12.2. The molecule has 2 aromatic rings. The first-order chi connectivity index (χ1) is 8.93. The van der Waals surface area contributed by atoms with Crippen molar-refractivity contribution in [1.82, 2.24) is 10.3 Å². The van der Waals surface area contributed by atoms with E-state index < -0.39 is 0 Å². The molecule has 2 heteroatoms. The van der Waals surface area contributed by atoms with E-state index in [9.17, 15) is 0 Å². The largest absolute Gasteiger partial charge is 0.308 e. The summed E-state index contributed by atoms with van der Waals surface area (Å²) in [4.78, 5) is 4.49. The molecule has 0 aliphatic carbocycles. The third-order valence-electron chi connectivity index (χ3n) is 3.70. The smallest absolute Gasteiger partial charge is 0.0576 e. The molecular formula is C16H18N2. The lowest BCUT2D eigenvalue weighted by atomic mass is 9.91. The summed E-state index contributed by atoms with van der Waals surface area (Å²) in [5.74, 6) is 0.655. The highest BCUT2D eigenvalue weighted by Crippen LogP contribution is 2.30. The van der Waals surface area contributed by atoms with E-state index >= 15 is 0 Å². The van der Waals surface area contributed by atoms with Crippen LogP contribution in [0.25, 0.3) is 0 Å². The van der Waals surface area contributed by atoms with E-state index in [0.29, 0.717) is 12.0 Å². The van der Waals surface area contributed by atoms with Gasteiger partial charge in [0.25, 0.3) is 0 Å². The van der Waals surface area contributed by atoms with Gasteiger partial charge in [-0.25, -0.2) is 0 Å². The molecule has 1 N–H and O–H groups in total. The molecule has 0 bridgehead atoms. The number of nitrogens with one attached hydrogen (secondary N) is 1. The van der Waals surface area contributed by atoms with Gasteiger partial charge in [-0.3, -0.25) is 4.98 Å². The van der Waals surface area contributed by atoms with Crippen molar-refractivity contribution in [3.05, 3.63) is 66.0 Å². The van der Waals surface area contributed by atoms with Crippen molar-refractivity contribution in [1.29, 1.82) is 0 Å². The highest BCUT2D eigenvalue weighted by molar-refractivity contribution is 5.18. The maximum Gasteiger partial charge on any atom is 0.0576 e. The fraction of sp³-hybridized carbons (Fsp3) is 0.312. The molecule has 1 fully saturated rings. The van der Waals surface area contributed by atoms with Gasteiger partial charge in [0.1, 0.15) is 0 Å². The Morgan fingerprint density at radius 1 is 1.06 bits per heavy atom. The maximum atomic E-state index is 4.49. The Bertz CT molecular complexity index is 481. The van der Waals surface area contributed by atoms with E-state index in [2.05, 4.69) is 52.8 Å². The van der Waals surface area contributed by atoms with Crippen LogP contribution in [0.4, 0.5) is 0 Å². The number of aromatic nitrogens is 1. The topological polar surface area (TPSA) is 24.9 Å². The summed E-state index contributed by atoms with van der Waals surface area (Å²) in [5, 5.41) is 3.58. The van der Waals surface area contributed by atoms with Crippen LogP contribution in [0.3, 0.4) is 0 Å². The summed E-state index contributed by atoms with van der Waals surface area (Å²) in [7, 11) is 0. The van der Waals surface area contributed by atoms with Crippen molar-refractivity contribution in [2.45, 2.75) is 18.9 Å². The molecule has 2 unspecified atom stereocenters. The molecule has 1 aliphatic heterocycles. The molecule has 1 aromatic heterocycles. The number of nitrogens with zero attached hydrogens (tertiary/aromatic N) is 1. The molecule has 3 rings (SSSR count). The first-order valence-corrected chi connectivity index (χ1v) is 6.62. The molecule has 0 radical (unpaired) electrons. The van der Waals surface area contributed by atoms with Gasteiger partial charge in [-0.2, -0.15) is 0 Å². The summed E-state index contributed by atoms with van der Waals surface area (Å²) in [6, 6.07) is 17.3. The second-order valence-electron chi connectivity index (χ2n) is 4.92. The number of hydrogen-bond acceptors (Lipinski definition) is 2. The molecule has 18 heavy (non-hydrogen) atoms. The van der Waals surface area contributed by atoms with Crippen molar-refractivity contribution < 1.29 is 0 Å². The number of hydrogen-bond donors (Lipinski definition) is 1. The second kappa shape index (κ2) is 5.32. The van der Waals surface area contributed by atoms with Crippen LogP contribution in [0.5, 0.6) is 0 Å². The van der Waals surface area contributed by atoms with Gasteiger partial charge in [0.05, 0.1) is 11.7 Å². The van der Waals surface area contributed by atoms with Crippen molar-refractivity contribution in [3.63, 3.8) is 0 Å². The summed E-state index contributed by atoms with van der Waals surface area (Å²) < 4.78 is 0. The first-order valence-electron chi connectivity index (χ1n) is 6.62. The van der Waals surface area contributed by atoms with Gasteiger partial charge in [-0.15, -0.1) is 0 Å². The van der Waals surface area contributed by atoms with Crippen molar-refractivity contribution in [3.8, 4) is 0 Å². The third kappa shape index (κ3) is 2.44. The minimum Gasteiger partial charge on any atom is -0.308 e. The summed E-state index contributed by atoms with van der Waals surface area (Å²) in [5.41, 5.74) is 2.60. The zero-order valence-corrected chi connectivity index (χ0v) is 10.4. The third-order valence-corrected chi connectivity index (χ3v) is 3.70. The monoisotopic (exact) mass is 238 g/mol. The number of benzene rings is 1. The Hall–Kier alpha value is -1.67. The van der Waals surface area contributed by atoms with E-state index in [-0.39, 0.29) is 0 Å². The maximum absolute atomic E-state index is 4.49. The summed E-state index contributed by atoms with van der Waals surface area (Å²) >= 11 is 0. The fourth-order valence-electron chi connectivity index (χ4n) is 2.80. The summed E-state index contributed by atoms with van der Waals surface area (Å²) in [6.07, 6.45) is 4.25.